The molecule has 0 radical (unpaired) electrons. The van der Waals surface area contributed by atoms with Crippen LogP contribution in [0.3, 0.4) is 0 Å². The largest absolute Gasteiger partial charge is 0.480 e. The summed E-state index contributed by atoms with van der Waals surface area (Å²) in [6, 6.07) is 7.99. The molecule has 518 valence electrons. The minimum Gasteiger partial charge on any atom is -0.480 e. The van der Waals surface area contributed by atoms with Crippen LogP contribution in [-0.2, 0) is 76.8 Å². The smallest absolute Gasteiger partial charge is 0.325 e. The van der Waals surface area contributed by atoms with Crippen molar-refractivity contribution in [3.63, 3.8) is 0 Å². The molecule has 3 aromatic carbocycles. The molecule has 2 saturated heterocycles. The maximum atomic E-state index is 15.1. The number of nitrogens with zero attached hydrogens (tertiary/aromatic N) is 3. The molecule has 2 fully saturated rings. The van der Waals surface area contributed by atoms with E-state index in [-0.39, 0.29) is 109 Å². The van der Waals surface area contributed by atoms with Gasteiger partial charge < -0.3 is 79.7 Å². The van der Waals surface area contributed by atoms with Crippen molar-refractivity contribution in [1.29, 1.82) is 0 Å². The summed E-state index contributed by atoms with van der Waals surface area (Å²) in [6.45, 7) is 5.04. The number of aliphatic hydroxyl groups excluding tert-OH is 1. The molecule has 2 aliphatic heterocycles. The van der Waals surface area contributed by atoms with Crippen LogP contribution in [0.4, 0.5) is 0 Å². The number of guanidine groups is 1. The number of rotatable bonds is 18. The SMILES string of the molecule is CC(=O)N[C@@H]1CCC(=O)NCCCC[C@@H](C(=O)N2CCC[C@H]2C(=O)N[C@H](C)C(=O)O)NC(=O)[C@H](CC(C)C)NC(=O)[C@@H](Cc2ccc3ccccc3c2)NC(=O)[C@H](CCCN=C(N)N)NC(=O)[C@H](CO)NC(=O)[C@@H](Cc2cccnc2)NC(=O)[C@@H](Cc2ccc(Cl)cc2)NC1=O. The second-order valence-corrected chi connectivity index (χ2v) is 24.8. The number of aromatic nitrogens is 1. The molecule has 29 nitrogen and oxygen atoms in total. The zero-order chi connectivity index (χ0) is 70.0. The molecule has 4 aromatic rings. The first kappa shape index (κ1) is 75.3. The molecule has 6 rings (SSSR count). The van der Waals surface area contributed by atoms with Crippen molar-refractivity contribution < 1.29 is 67.7 Å². The summed E-state index contributed by atoms with van der Waals surface area (Å²) in [5.74, 6) is -10.9. The predicted molar refractivity (Wildman–Crippen MR) is 354 cm³/mol. The first-order chi connectivity index (χ1) is 45.8. The zero-order valence-corrected chi connectivity index (χ0v) is 55.0. The van der Waals surface area contributed by atoms with Gasteiger partial charge in [0, 0.05) is 69.7 Å². The Labute approximate surface area is 561 Å². The third kappa shape index (κ3) is 23.9. The van der Waals surface area contributed by atoms with E-state index in [2.05, 4.69) is 63.1 Å². The van der Waals surface area contributed by atoms with Crippen LogP contribution in [0.5, 0.6) is 0 Å². The number of halogens is 1. The van der Waals surface area contributed by atoms with Crippen molar-refractivity contribution in [3.05, 3.63) is 113 Å². The molecule has 2 aliphatic rings. The number of carboxylic acids is 1. The Hall–Kier alpha value is -9.77. The van der Waals surface area contributed by atoms with Gasteiger partial charge in [-0.25, -0.2) is 0 Å². The number of pyridine rings is 1. The van der Waals surface area contributed by atoms with Crippen molar-refractivity contribution in [2.45, 2.75) is 172 Å². The first-order valence-corrected chi connectivity index (χ1v) is 32.4. The van der Waals surface area contributed by atoms with Crippen LogP contribution in [0.25, 0.3) is 10.8 Å². The van der Waals surface area contributed by atoms with Gasteiger partial charge in [-0.2, -0.15) is 0 Å². The van der Waals surface area contributed by atoms with Gasteiger partial charge in [-0.15, -0.1) is 0 Å². The second-order valence-electron chi connectivity index (χ2n) is 24.4. The molecule has 11 amide bonds. The summed E-state index contributed by atoms with van der Waals surface area (Å²) in [4.78, 5) is 178. The number of carboxylic acid groups (broad SMARTS) is 1. The molecule has 3 heterocycles. The van der Waals surface area contributed by atoms with Crippen LogP contribution in [0.2, 0.25) is 5.02 Å². The monoisotopic (exact) mass is 1350 g/mol. The topological polar surface area (TPSA) is 446 Å². The van der Waals surface area contributed by atoms with E-state index in [9.17, 15) is 63.0 Å². The van der Waals surface area contributed by atoms with Gasteiger partial charge in [0.25, 0.3) is 0 Å². The van der Waals surface area contributed by atoms with Crippen LogP contribution in [0, 0.1) is 5.92 Å². The van der Waals surface area contributed by atoms with E-state index < -0.39 is 138 Å². The summed E-state index contributed by atoms with van der Waals surface area (Å²) >= 11 is 6.20. The molecule has 10 atom stereocenters. The van der Waals surface area contributed by atoms with Crippen molar-refractivity contribution in [2.75, 3.05) is 26.2 Å². The highest BCUT2D eigenvalue weighted by Gasteiger charge is 2.40. The number of nitrogens with one attached hydrogen (secondary N) is 10. The summed E-state index contributed by atoms with van der Waals surface area (Å²) < 4.78 is 0. The van der Waals surface area contributed by atoms with Gasteiger partial charge in [-0.05, 0) is 116 Å². The summed E-state index contributed by atoms with van der Waals surface area (Å²) in [7, 11) is 0. The molecule has 0 spiro atoms. The lowest BCUT2D eigenvalue weighted by molar-refractivity contribution is -0.144. The normalized spacial score (nSPS) is 23.1. The molecular formula is C66H88ClN15O14. The molecule has 96 heavy (non-hydrogen) atoms. The number of benzene rings is 3. The summed E-state index contributed by atoms with van der Waals surface area (Å²) in [5.41, 5.74) is 12.7. The fourth-order valence-corrected chi connectivity index (χ4v) is 11.3. The van der Waals surface area contributed by atoms with Crippen LogP contribution < -0.4 is 64.6 Å². The molecule has 30 heteroatoms. The van der Waals surface area contributed by atoms with Gasteiger partial charge in [0.1, 0.15) is 60.4 Å². The lowest BCUT2D eigenvalue weighted by Gasteiger charge is -2.31. The maximum Gasteiger partial charge on any atom is 0.325 e. The molecule has 1 aromatic heterocycles. The minimum absolute atomic E-state index is 0.00192. The number of carbonyl (C=O) groups is 12. The van der Waals surface area contributed by atoms with E-state index in [1.165, 1.54) is 24.2 Å². The quantitative estimate of drug-likeness (QED) is 0.0341. The van der Waals surface area contributed by atoms with Crippen molar-refractivity contribution in [2.24, 2.45) is 22.4 Å². The van der Waals surface area contributed by atoms with E-state index in [0.29, 0.717) is 28.1 Å². The fraction of sp³-hybridized carbons (Fsp3) is 0.485. The molecule has 0 saturated carbocycles. The van der Waals surface area contributed by atoms with E-state index in [1.807, 2.05) is 36.4 Å². The Bertz CT molecular complexity index is 3430. The van der Waals surface area contributed by atoms with Crippen LogP contribution in [-0.4, -0.2) is 184 Å². The average molecular weight is 1350 g/mol. The van der Waals surface area contributed by atoms with Crippen LogP contribution in [0.15, 0.2) is 96.2 Å². The Morgan fingerprint density at radius 3 is 1.88 bits per heavy atom. The molecule has 0 unspecified atom stereocenters. The molecular weight excluding hydrogens is 1260 g/mol. The highest BCUT2D eigenvalue weighted by molar-refractivity contribution is 6.30. The Morgan fingerprint density at radius 1 is 0.667 bits per heavy atom. The predicted octanol–water partition coefficient (Wildman–Crippen LogP) is -0.433. The highest BCUT2D eigenvalue weighted by Crippen LogP contribution is 2.22. The Kier molecular flexibility index (Phi) is 29.3. The number of carbonyl (C=O) groups excluding carboxylic acids is 11. The minimum atomic E-state index is -1.81. The second kappa shape index (κ2) is 37.4. The number of likely N-dealkylation sites (tertiary alicyclic amines) is 1. The number of hydrogen-bond acceptors (Lipinski definition) is 15. The molecule has 0 bridgehead atoms. The number of amides is 11. The van der Waals surface area contributed by atoms with Crippen molar-refractivity contribution in [3.8, 4) is 0 Å². The Balaban J connectivity index is 1.41. The van der Waals surface area contributed by atoms with Gasteiger partial charge in [-0.1, -0.05) is 86.1 Å². The van der Waals surface area contributed by atoms with E-state index in [4.69, 9.17) is 23.1 Å². The summed E-state index contributed by atoms with van der Waals surface area (Å²) in [6.07, 6.45) is 2.47. The molecule has 16 N–H and O–H groups in total. The number of aliphatic imine (C=N–C) groups is 1. The zero-order valence-electron chi connectivity index (χ0n) is 54.2. The van der Waals surface area contributed by atoms with Crippen molar-refractivity contribution in [1.82, 2.24) is 63.1 Å². The average Bonchev–Trinajstić information content (AvgIpc) is 1.47. The fourth-order valence-electron chi connectivity index (χ4n) is 11.1. The lowest BCUT2D eigenvalue weighted by atomic mass is 9.98. The third-order valence-corrected chi connectivity index (χ3v) is 16.4. The summed E-state index contributed by atoms with van der Waals surface area (Å²) in [5, 5.41) is 48.9. The number of aliphatic hydroxyl groups is 1. The maximum absolute atomic E-state index is 15.1. The number of aliphatic carboxylic acids is 1. The van der Waals surface area contributed by atoms with Crippen molar-refractivity contribution >= 4 is 99.3 Å². The number of hydrogen-bond donors (Lipinski definition) is 14. The van der Waals surface area contributed by atoms with E-state index in [1.54, 1.807) is 56.3 Å². The van der Waals surface area contributed by atoms with Gasteiger partial charge >= 0.3 is 5.97 Å². The molecule has 0 aliphatic carbocycles. The first-order valence-electron chi connectivity index (χ1n) is 32.1. The highest BCUT2D eigenvalue weighted by atomic mass is 35.5. The van der Waals surface area contributed by atoms with Gasteiger partial charge in [0.05, 0.1) is 6.61 Å². The number of nitrogens with two attached hydrogens (primary N) is 2. The standard InChI is InChI=1S/C66H88ClN15O14/c1-37(2)30-49-58(88)76-48(64(94)82-29-11-17-54(82)63(93)73-38(3)65(95)96)15-7-8-27-71-55(85)25-24-47(74-39(4)84)57(87)78-50(32-40-19-22-45(67)23-20-40)59(89)80-52(34-42-12-9-26-70-35-42)61(91)81-53(36-83)62(92)75-46(16-10-28-72-66(68)69)56(86)79-51(60(90)77-49)33-41-18-21-43-13-5-6-14-44(43)31-41/h5-6,9,12-14,18-23,26,31,35,37-38,46-54,83H,7-8,10-11,15-17,24-25,27-30,32-34,36H2,1-4H3,(H,71,85)(H,73,93)(H,74,84)(H,75,92)(H,76,88)(H,77,90)(H,78,87)(H,79,86)(H,80,89)(H,81,91)(H,95,96)(H4,68,69,72)/t38-,46+,47-,48+,49+,50-,51-,52-,53+,54+/m1/s1. The number of fused-ring (bicyclic) bond motifs is 1. The van der Waals surface area contributed by atoms with Gasteiger partial charge in [-0.3, -0.25) is 67.5 Å². The van der Waals surface area contributed by atoms with Gasteiger partial charge in [0.2, 0.25) is 65.0 Å². The van der Waals surface area contributed by atoms with E-state index in [0.717, 1.165) is 17.7 Å². The lowest BCUT2D eigenvalue weighted by Crippen LogP contribution is -2.61. The van der Waals surface area contributed by atoms with E-state index >= 15 is 4.79 Å². The Morgan fingerprint density at radius 2 is 1.25 bits per heavy atom. The third-order valence-electron chi connectivity index (χ3n) is 16.2. The van der Waals surface area contributed by atoms with Crippen LogP contribution >= 0.6 is 11.6 Å². The van der Waals surface area contributed by atoms with Crippen LogP contribution in [0.1, 0.15) is 109 Å². The van der Waals surface area contributed by atoms with Gasteiger partial charge in [0.15, 0.2) is 5.96 Å².